The molecule has 0 aromatic heterocycles. The highest BCUT2D eigenvalue weighted by molar-refractivity contribution is 5.81. The average molecular weight is 239 g/mol. The number of piperazine rings is 1. The summed E-state index contributed by atoms with van der Waals surface area (Å²) in [4.78, 5) is 14.3. The zero-order valence-electron chi connectivity index (χ0n) is 9.13. The number of alkyl halides is 3. The van der Waals surface area contributed by atoms with Crippen LogP contribution in [-0.2, 0) is 4.79 Å². The van der Waals surface area contributed by atoms with Gasteiger partial charge in [0.15, 0.2) is 0 Å². The quantitative estimate of drug-likeness (QED) is 0.740. The second-order valence-corrected chi connectivity index (χ2v) is 4.01. The monoisotopic (exact) mass is 239 g/mol. The molecule has 7 heteroatoms. The molecule has 1 fully saturated rings. The van der Waals surface area contributed by atoms with E-state index in [0.29, 0.717) is 13.1 Å². The molecule has 0 aliphatic carbocycles. The molecule has 0 spiro atoms. The van der Waals surface area contributed by atoms with Crippen molar-refractivity contribution < 1.29 is 18.0 Å². The molecule has 0 aromatic carbocycles. The van der Waals surface area contributed by atoms with Crippen LogP contribution >= 0.6 is 0 Å². The van der Waals surface area contributed by atoms with Gasteiger partial charge in [0.05, 0.1) is 12.6 Å². The predicted molar refractivity (Wildman–Crippen MR) is 52.7 cm³/mol. The van der Waals surface area contributed by atoms with Crippen LogP contribution in [0.5, 0.6) is 0 Å². The number of rotatable bonds is 2. The van der Waals surface area contributed by atoms with Crippen molar-refractivity contribution in [3.63, 3.8) is 0 Å². The molecule has 0 bridgehead atoms. The van der Waals surface area contributed by atoms with Gasteiger partial charge in [0.2, 0.25) is 5.91 Å². The highest BCUT2D eigenvalue weighted by Crippen LogP contribution is 2.17. The second kappa shape index (κ2) is 5.01. The molecule has 0 saturated carbocycles. The Hall–Kier alpha value is -0.820. The van der Waals surface area contributed by atoms with Crippen molar-refractivity contribution >= 4 is 5.91 Å². The van der Waals surface area contributed by atoms with Crippen molar-refractivity contribution in [3.8, 4) is 0 Å². The molecular formula is C9H16F3N3O. The molecule has 1 aliphatic rings. The fraction of sp³-hybridized carbons (Fsp3) is 0.889. The maximum absolute atomic E-state index is 12.1. The van der Waals surface area contributed by atoms with Gasteiger partial charge in [-0.15, -0.1) is 0 Å². The Morgan fingerprint density at radius 2 is 1.81 bits per heavy atom. The Labute approximate surface area is 92.2 Å². The predicted octanol–water partition coefficient (Wildman–Crippen LogP) is 0.0401. The van der Waals surface area contributed by atoms with Gasteiger partial charge >= 0.3 is 6.18 Å². The number of carbonyl (C=O) groups is 1. The summed E-state index contributed by atoms with van der Waals surface area (Å²) >= 11 is 0. The number of amides is 1. The molecule has 94 valence electrons. The van der Waals surface area contributed by atoms with Crippen molar-refractivity contribution in [2.75, 3.05) is 32.7 Å². The molecule has 0 unspecified atom stereocenters. The molecule has 0 aromatic rings. The fourth-order valence-corrected chi connectivity index (χ4v) is 1.67. The van der Waals surface area contributed by atoms with Crippen molar-refractivity contribution in [2.24, 2.45) is 5.73 Å². The number of nitrogens with zero attached hydrogens (tertiary/aromatic N) is 2. The van der Waals surface area contributed by atoms with Crippen LogP contribution in [0.3, 0.4) is 0 Å². The van der Waals surface area contributed by atoms with Crippen molar-refractivity contribution in [3.05, 3.63) is 0 Å². The minimum Gasteiger partial charge on any atom is -0.339 e. The van der Waals surface area contributed by atoms with E-state index in [9.17, 15) is 18.0 Å². The van der Waals surface area contributed by atoms with Gasteiger partial charge in [0.1, 0.15) is 0 Å². The molecule has 1 saturated heterocycles. The number of hydrogen-bond donors (Lipinski definition) is 1. The van der Waals surface area contributed by atoms with Crippen molar-refractivity contribution in [1.29, 1.82) is 0 Å². The summed E-state index contributed by atoms with van der Waals surface area (Å²) in [6, 6.07) is -0.589. The highest BCUT2D eigenvalue weighted by atomic mass is 19.4. The van der Waals surface area contributed by atoms with Crippen LogP contribution in [0.2, 0.25) is 0 Å². The van der Waals surface area contributed by atoms with E-state index in [1.54, 1.807) is 6.92 Å². The lowest BCUT2D eigenvalue weighted by atomic mass is 10.2. The Morgan fingerprint density at radius 3 is 2.19 bits per heavy atom. The van der Waals surface area contributed by atoms with Gasteiger partial charge in [0, 0.05) is 26.2 Å². The van der Waals surface area contributed by atoms with Crippen molar-refractivity contribution in [1.82, 2.24) is 9.80 Å². The van der Waals surface area contributed by atoms with Gasteiger partial charge in [-0.2, -0.15) is 13.2 Å². The van der Waals surface area contributed by atoms with Gasteiger partial charge in [0.25, 0.3) is 0 Å². The third-order valence-corrected chi connectivity index (χ3v) is 2.48. The van der Waals surface area contributed by atoms with Gasteiger partial charge in [-0.05, 0) is 6.92 Å². The van der Waals surface area contributed by atoms with E-state index >= 15 is 0 Å². The normalized spacial score (nSPS) is 20.9. The SMILES string of the molecule is C[C@H](N)C(=O)N1CCN(CC(F)(F)F)CC1. The maximum Gasteiger partial charge on any atom is 0.401 e. The van der Waals surface area contributed by atoms with E-state index in [1.807, 2.05) is 0 Å². The first-order valence-electron chi connectivity index (χ1n) is 5.13. The Morgan fingerprint density at radius 1 is 1.31 bits per heavy atom. The highest BCUT2D eigenvalue weighted by Gasteiger charge is 2.33. The summed E-state index contributed by atoms with van der Waals surface area (Å²) in [5.41, 5.74) is 5.42. The Balaban J connectivity index is 2.37. The lowest BCUT2D eigenvalue weighted by Crippen LogP contribution is -2.53. The van der Waals surface area contributed by atoms with E-state index < -0.39 is 18.8 Å². The molecular weight excluding hydrogens is 223 g/mol. The van der Waals surface area contributed by atoms with Crippen LogP contribution in [-0.4, -0.2) is 60.6 Å². The first kappa shape index (κ1) is 13.2. The molecule has 1 rings (SSSR count). The molecule has 1 aliphatic heterocycles. The van der Waals surface area contributed by atoms with E-state index in [2.05, 4.69) is 0 Å². The van der Waals surface area contributed by atoms with Crippen molar-refractivity contribution in [2.45, 2.75) is 19.1 Å². The Bertz CT molecular complexity index is 247. The van der Waals surface area contributed by atoms with Crippen LogP contribution in [0.15, 0.2) is 0 Å². The largest absolute Gasteiger partial charge is 0.401 e. The summed E-state index contributed by atoms with van der Waals surface area (Å²) in [5.74, 6) is -0.202. The molecule has 1 atom stereocenters. The number of carbonyl (C=O) groups excluding carboxylic acids is 1. The van der Waals surface area contributed by atoms with Gasteiger partial charge < -0.3 is 10.6 Å². The van der Waals surface area contributed by atoms with Crippen LogP contribution in [0, 0.1) is 0 Å². The van der Waals surface area contributed by atoms with E-state index in [4.69, 9.17) is 5.73 Å². The first-order chi connectivity index (χ1) is 7.29. The first-order valence-corrected chi connectivity index (χ1v) is 5.13. The maximum atomic E-state index is 12.1. The summed E-state index contributed by atoms with van der Waals surface area (Å²) < 4.78 is 36.2. The molecule has 1 amide bonds. The number of hydrogen-bond acceptors (Lipinski definition) is 3. The van der Waals surface area contributed by atoms with Crippen LogP contribution in [0.1, 0.15) is 6.92 Å². The molecule has 0 radical (unpaired) electrons. The van der Waals surface area contributed by atoms with Crippen LogP contribution < -0.4 is 5.73 Å². The lowest BCUT2D eigenvalue weighted by Gasteiger charge is -2.35. The second-order valence-electron chi connectivity index (χ2n) is 4.01. The molecule has 1 heterocycles. The minimum atomic E-state index is -4.17. The molecule has 16 heavy (non-hydrogen) atoms. The number of halogens is 3. The zero-order valence-corrected chi connectivity index (χ0v) is 9.13. The molecule has 2 N–H and O–H groups in total. The van der Waals surface area contributed by atoms with Gasteiger partial charge in [-0.3, -0.25) is 9.69 Å². The summed E-state index contributed by atoms with van der Waals surface area (Å²) in [6.07, 6.45) is -4.17. The summed E-state index contributed by atoms with van der Waals surface area (Å²) in [6.45, 7) is 1.79. The Kier molecular flexibility index (Phi) is 4.15. The van der Waals surface area contributed by atoms with Gasteiger partial charge in [-0.25, -0.2) is 0 Å². The number of nitrogens with two attached hydrogens (primary N) is 1. The smallest absolute Gasteiger partial charge is 0.339 e. The minimum absolute atomic E-state index is 0.202. The van der Waals surface area contributed by atoms with Crippen LogP contribution in [0.4, 0.5) is 13.2 Å². The summed E-state index contributed by atoms with van der Waals surface area (Å²) in [7, 11) is 0. The average Bonchev–Trinajstić information content (AvgIpc) is 2.15. The van der Waals surface area contributed by atoms with E-state index in [1.165, 1.54) is 9.80 Å². The topological polar surface area (TPSA) is 49.6 Å². The van der Waals surface area contributed by atoms with E-state index in [-0.39, 0.29) is 19.0 Å². The third-order valence-electron chi connectivity index (χ3n) is 2.48. The summed E-state index contributed by atoms with van der Waals surface area (Å²) in [5, 5.41) is 0. The lowest BCUT2D eigenvalue weighted by molar-refractivity contribution is -0.152. The fourth-order valence-electron chi connectivity index (χ4n) is 1.67. The zero-order chi connectivity index (χ0) is 12.3. The standard InChI is InChI=1S/C9H16F3N3O/c1-7(13)8(16)15-4-2-14(3-5-15)6-9(10,11)12/h7H,2-6,13H2,1H3/t7-/m0/s1. The van der Waals surface area contributed by atoms with E-state index in [0.717, 1.165) is 0 Å². The van der Waals surface area contributed by atoms with Crippen LogP contribution in [0.25, 0.3) is 0 Å². The third kappa shape index (κ3) is 3.97. The van der Waals surface area contributed by atoms with Gasteiger partial charge in [-0.1, -0.05) is 0 Å². The molecule has 4 nitrogen and oxygen atoms in total.